The molecule has 2 unspecified atom stereocenters. The van der Waals surface area contributed by atoms with E-state index >= 15 is 0 Å². The van der Waals surface area contributed by atoms with Gasteiger partial charge in [-0.05, 0) is 63.9 Å². The molecule has 40 heavy (non-hydrogen) atoms. The number of aryl methyl sites for hydroxylation is 1. The number of carbonyl (C=O) groups excluding carboxylic acids is 3. The number of alkyl carbamates (subject to hydrolysis) is 1. The number of methoxy groups -OCH3 is 1. The predicted molar refractivity (Wildman–Crippen MR) is 153 cm³/mol. The number of rotatable bonds is 13. The van der Waals surface area contributed by atoms with Crippen LogP contribution in [0.15, 0.2) is 42.5 Å². The number of nitrogens with one attached hydrogen (secondary N) is 2. The number of phenolic OH excluding ortho intramolecular Hbond substituents is 1. The average Bonchev–Trinajstić information content (AvgIpc) is 2.90. The van der Waals surface area contributed by atoms with Crippen molar-refractivity contribution in [3.8, 4) is 11.5 Å². The number of aliphatic hydroxyl groups excluding tert-OH is 1. The second-order valence-corrected chi connectivity index (χ2v) is 10.6. The molecule has 0 spiro atoms. The minimum absolute atomic E-state index is 0.121. The molecule has 2 atom stereocenters. The van der Waals surface area contributed by atoms with E-state index in [0.717, 1.165) is 19.3 Å². The van der Waals surface area contributed by atoms with Gasteiger partial charge in [-0.2, -0.15) is 0 Å². The first kappa shape index (κ1) is 32.4. The molecule has 0 aliphatic rings. The largest absolute Gasteiger partial charge is 0.507 e. The number of amides is 3. The SMILES string of the molecule is CCCCCCN(C(=O)C(CO)NC(=O)OC(C)(C)C)C(C(=O)Nc1ccc(OC)cc1)c1cccc(C)c1O. The van der Waals surface area contributed by atoms with E-state index in [2.05, 4.69) is 17.6 Å². The first-order chi connectivity index (χ1) is 18.9. The van der Waals surface area contributed by atoms with Crippen LogP contribution in [0.2, 0.25) is 0 Å². The molecule has 0 heterocycles. The molecule has 2 aromatic rings. The van der Waals surface area contributed by atoms with E-state index in [1.165, 1.54) is 12.0 Å². The lowest BCUT2D eigenvalue weighted by molar-refractivity contribution is -0.141. The summed E-state index contributed by atoms with van der Waals surface area (Å²) < 4.78 is 10.5. The molecule has 0 fully saturated rings. The fraction of sp³-hybridized carbons (Fsp3) is 0.500. The summed E-state index contributed by atoms with van der Waals surface area (Å²) in [7, 11) is 1.54. The minimum Gasteiger partial charge on any atom is -0.507 e. The maximum absolute atomic E-state index is 13.9. The second kappa shape index (κ2) is 15.1. The third-order valence-corrected chi connectivity index (χ3v) is 6.19. The quantitative estimate of drug-likeness (QED) is 0.262. The number of ether oxygens (including phenoxy) is 2. The number of hydrogen-bond donors (Lipinski definition) is 4. The van der Waals surface area contributed by atoms with Crippen molar-refractivity contribution in [3.05, 3.63) is 53.6 Å². The van der Waals surface area contributed by atoms with Gasteiger partial charge in [0.25, 0.3) is 5.91 Å². The van der Waals surface area contributed by atoms with Crippen LogP contribution in [0.1, 0.15) is 70.5 Å². The fourth-order valence-corrected chi connectivity index (χ4v) is 4.15. The molecule has 10 heteroatoms. The van der Waals surface area contributed by atoms with E-state index in [-0.39, 0.29) is 17.9 Å². The van der Waals surface area contributed by atoms with Crippen LogP contribution in [0, 0.1) is 6.92 Å². The van der Waals surface area contributed by atoms with Gasteiger partial charge in [-0.1, -0.05) is 44.4 Å². The van der Waals surface area contributed by atoms with Gasteiger partial charge in [0.2, 0.25) is 5.91 Å². The van der Waals surface area contributed by atoms with Crippen LogP contribution < -0.4 is 15.4 Å². The molecule has 0 aliphatic carbocycles. The fourth-order valence-electron chi connectivity index (χ4n) is 4.15. The summed E-state index contributed by atoms with van der Waals surface area (Å²) >= 11 is 0. The van der Waals surface area contributed by atoms with E-state index in [1.54, 1.807) is 70.2 Å². The number of anilines is 1. The van der Waals surface area contributed by atoms with E-state index < -0.39 is 42.2 Å². The second-order valence-electron chi connectivity index (χ2n) is 10.6. The number of carbonyl (C=O) groups is 3. The van der Waals surface area contributed by atoms with E-state index in [4.69, 9.17) is 9.47 Å². The van der Waals surface area contributed by atoms with Crippen molar-refractivity contribution >= 4 is 23.6 Å². The maximum Gasteiger partial charge on any atom is 0.408 e. The van der Waals surface area contributed by atoms with Crippen molar-refractivity contribution in [2.75, 3.05) is 25.6 Å². The number of aromatic hydroxyl groups is 1. The number of aliphatic hydroxyl groups is 1. The average molecular weight is 558 g/mol. The smallest absolute Gasteiger partial charge is 0.408 e. The molecule has 2 aromatic carbocycles. The number of nitrogens with zero attached hydrogens (tertiary/aromatic N) is 1. The number of benzene rings is 2. The van der Waals surface area contributed by atoms with Gasteiger partial charge in [-0.3, -0.25) is 9.59 Å². The highest BCUT2D eigenvalue weighted by Gasteiger charge is 2.37. The predicted octanol–water partition coefficient (Wildman–Crippen LogP) is 4.68. The van der Waals surface area contributed by atoms with Gasteiger partial charge in [-0.15, -0.1) is 0 Å². The Morgan fingerprint density at radius 1 is 1.02 bits per heavy atom. The Bertz CT molecular complexity index is 1130. The van der Waals surface area contributed by atoms with Crippen LogP contribution >= 0.6 is 0 Å². The Hall–Kier alpha value is -3.79. The van der Waals surface area contributed by atoms with Crippen LogP contribution in [0.4, 0.5) is 10.5 Å². The number of unbranched alkanes of at least 4 members (excludes halogenated alkanes) is 3. The molecular formula is C30H43N3O7. The topological polar surface area (TPSA) is 137 Å². The van der Waals surface area contributed by atoms with E-state index in [9.17, 15) is 24.6 Å². The number of para-hydroxylation sites is 1. The molecule has 10 nitrogen and oxygen atoms in total. The van der Waals surface area contributed by atoms with Gasteiger partial charge >= 0.3 is 6.09 Å². The molecule has 0 bridgehead atoms. The molecule has 0 saturated heterocycles. The first-order valence-corrected chi connectivity index (χ1v) is 13.6. The molecule has 2 rings (SSSR count). The van der Waals surface area contributed by atoms with Gasteiger partial charge in [0.05, 0.1) is 13.7 Å². The number of phenols is 1. The highest BCUT2D eigenvalue weighted by atomic mass is 16.6. The Labute approximate surface area is 236 Å². The van der Waals surface area contributed by atoms with Gasteiger partial charge in [0, 0.05) is 17.8 Å². The number of hydrogen-bond acceptors (Lipinski definition) is 7. The summed E-state index contributed by atoms with van der Waals surface area (Å²) in [5, 5.41) is 26.3. The first-order valence-electron chi connectivity index (χ1n) is 13.6. The monoisotopic (exact) mass is 557 g/mol. The van der Waals surface area contributed by atoms with Gasteiger partial charge < -0.3 is 35.2 Å². The summed E-state index contributed by atoms with van der Waals surface area (Å²) in [6.45, 7) is 8.25. The molecule has 0 saturated carbocycles. The third kappa shape index (κ3) is 9.44. The van der Waals surface area contributed by atoms with Crippen LogP contribution in [-0.4, -0.2) is 64.9 Å². The minimum atomic E-state index is -1.37. The third-order valence-electron chi connectivity index (χ3n) is 6.19. The van der Waals surface area contributed by atoms with E-state index in [1.807, 2.05) is 0 Å². The highest BCUT2D eigenvalue weighted by molar-refractivity contribution is 5.99. The summed E-state index contributed by atoms with van der Waals surface area (Å²) in [5.74, 6) is -0.758. The molecule has 0 radical (unpaired) electrons. The van der Waals surface area contributed by atoms with Gasteiger partial charge in [-0.25, -0.2) is 4.79 Å². The Balaban J connectivity index is 2.52. The lowest BCUT2D eigenvalue weighted by Gasteiger charge is -2.34. The lowest BCUT2D eigenvalue weighted by Crippen LogP contribution is -2.54. The molecule has 0 aliphatic heterocycles. The molecule has 3 amide bonds. The van der Waals surface area contributed by atoms with Gasteiger partial charge in [0.15, 0.2) is 0 Å². The normalized spacial score (nSPS) is 12.7. The summed E-state index contributed by atoms with van der Waals surface area (Å²) in [4.78, 5) is 41.6. The van der Waals surface area contributed by atoms with Crippen molar-refractivity contribution in [3.63, 3.8) is 0 Å². The standard InChI is InChI=1S/C30H43N3O7/c1-7-8-9-10-18-33(28(37)24(19-34)32-29(38)40-30(3,4)5)25(23-13-11-12-20(2)26(23)35)27(36)31-21-14-16-22(39-6)17-15-21/h11-17,24-25,34-35H,7-10,18-19H2,1-6H3,(H,31,36)(H,32,38). The zero-order chi connectivity index (χ0) is 29.9. The Morgan fingerprint density at radius 3 is 2.27 bits per heavy atom. The lowest BCUT2D eigenvalue weighted by atomic mass is 9.98. The zero-order valence-corrected chi connectivity index (χ0v) is 24.3. The molecule has 4 N–H and O–H groups in total. The van der Waals surface area contributed by atoms with Crippen molar-refractivity contribution in [1.82, 2.24) is 10.2 Å². The maximum atomic E-state index is 13.9. The molecular weight excluding hydrogens is 514 g/mol. The summed E-state index contributed by atoms with van der Waals surface area (Å²) in [6.07, 6.45) is 2.40. The zero-order valence-electron chi connectivity index (χ0n) is 24.3. The Morgan fingerprint density at radius 2 is 1.70 bits per heavy atom. The van der Waals surface area contributed by atoms with Crippen molar-refractivity contribution in [2.45, 2.75) is 78.0 Å². The van der Waals surface area contributed by atoms with Crippen LogP contribution in [-0.2, 0) is 14.3 Å². The molecule has 0 aromatic heterocycles. The van der Waals surface area contributed by atoms with E-state index in [0.29, 0.717) is 23.4 Å². The van der Waals surface area contributed by atoms with Crippen LogP contribution in [0.5, 0.6) is 11.5 Å². The highest BCUT2D eigenvalue weighted by Crippen LogP contribution is 2.33. The summed E-state index contributed by atoms with van der Waals surface area (Å²) in [5.41, 5.74) is 0.403. The van der Waals surface area contributed by atoms with Crippen molar-refractivity contribution in [2.24, 2.45) is 0 Å². The van der Waals surface area contributed by atoms with Gasteiger partial charge in [0.1, 0.15) is 29.2 Å². The van der Waals surface area contributed by atoms with Crippen molar-refractivity contribution < 1.29 is 34.1 Å². The van der Waals surface area contributed by atoms with Crippen LogP contribution in [0.25, 0.3) is 0 Å². The van der Waals surface area contributed by atoms with Crippen molar-refractivity contribution in [1.29, 1.82) is 0 Å². The van der Waals surface area contributed by atoms with Crippen LogP contribution in [0.3, 0.4) is 0 Å². The molecule has 220 valence electrons. The summed E-state index contributed by atoms with van der Waals surface area (Å²) in [6, 6.07) is 9.06. The Kier molecular flexibility index (Phi) is 12.3.